The fraction of sp³-hybridized carbons (Fsp3) is 0.278. The minimum atomic E-state index is -0.233. The average Bonchev–Trinajstić information content (AvgIpc) is 2.89. The van der Waals surface area contributed by atoms with Crippen LogP contribution in [0.2, 0.25) is 0 Å². The fourth-order valence-electron chi connectivity index (χ4n) is 2.70. The number of amides is 2. The first-order valence-corrected chi connectivity index (χ1v) is 7.88. The van der Waals surface area contributed by atoms with E-state index in [4.69, 9.17) is 4.74 Å². The standard InChI is InChI=1S/C18H22N4O2/c1-12-20-17-15(5-4-6-16(17)22(12)2)21-18(23)19-11-13-7-9-14(24-3)10-8-13/h4-10,12,20H,11H2,1-3H3,(H2,19,21,23). The van der Waals surface area contributed by atoms with Crippen molar-refractivity contribution in [2.24, 2.45) is 0 Å². The molecule has 6 nitrogen and oxygen atoms in total. The van der Waals surface area contributed by atoms with Crippen molar-refractivity contribution in [1.29, 1.82) is 0 Å². The molecule has 3 N–H and O–H groups in total. The predicted octanol–water partition coefficient (Wildman–Crippen LogP) is 3.22. The number of urea groups is 1. The molecule has 0 spiro atoms. The Hall–Kier alpha value is -2.89. The van der Waals surface area contributed by atoms with E-state index < -0.39 is 0 Å². The monoisotopic (exact) mass is 326 g/mol. The first-order chi connectivity index (χ1) is 11.6. The molecule has 2 amide bonds. The molecule has 0 bridgehead atoms. The molecule has 0 radical (unpaired) electrons. The van der Waals surface area contributed by atoms with Gasteiger partial charge in [0.2, 0.25) is 0 Å². The van der Waals surface area contributed by atoms with Crippen molar-refractivity contribution in [2.45, 2.75) is 19.6 Å². The van der Waals surface area contributed by atoms with Gasteiger partial charge in [-0.2, -0.15) is 0 Å². The van der Waals surface area contributed by atoms with Crippen LogP contribution in [0.3, 0.4) is 0 Å². The number of fused-ring (bicyclic) bond motifs is 1. The van der Waals surface area contributed by atoms with E-state index in [-0.39, 0.29) is 12.2 Å². The van der Waals surface area contributed by atoms with Crippen LogP contribution in [0.25, 0.3) is 0 Å². The number of carbonyl (C=O) groups excluding carboxylic acids is 1. The number of hydrogen-bond donors (Lipinski definition) is 3. The Morgan fingerprint density at radius 3 is 2.71 bits per heavy atom. The SMILES string of the molecule is COc1ccc(CNC(=O)Nc2cccc3c2NC(C)N3C)cc1. The van der Waals surface area contributed by atoms with E-state index in [0.717, 1.165) is 28.4 Å². The van der Waals surface area contributed by atoms with Gasteiger partial charge in [0.25, 0.3) is 0 Å². The Morgan fingerprint density at radius 2 is 2.00 bits per heavy atom. The zero-order chi connectivity index (χ0) is 17.1. The number of carbonyl (C=O) groups is 1. The summed E-state index contributed by atoms with van der Waals surface area (Å²) < 4.78 is 5.12. The van der Waals surface area contributed by atoms with E-state index in [1.165, 1.54) is 0 Å². The van der Waals surface area contributed by atoms with Gasteiger partial charge in [0, 0.05) is 13.6 Å². The maximum absolute atomic E-state index is 12.2. The number of methoxy groups -OCH3 is 1. The number of anilines is 3. The summed E-state index contributed by atoms with van der Waals surface area (Å²) in [6.07, 6.45) is 0.199. The van der Waals surface area contributed by atoms with Gasteiger partial charge < -0.3 is 25.6 Å². The molecule has 0 saturated heterocycles. The molecule has 24 heavy (non-hydrogen) atoms. The number of ether oxygens (including phenoxy) is 1. The molecule has 0 fully saturated rings. The van der Waals surface area contributed by atoms with Gasteiger partial charge in [-0.05, 0) is 36.8 Å². The number of para-hydroxylation sites is 1. The molecule has 1 atom stereocenters. The van der Waals surface area contributed by atoms with Crippen LogP contribution in [0, 0.1) is 0 Å². The molecule has 0 aliphatic carbocycles. The lowest BCUT2D eigenvalue weighted by molar-refractivity contribution is 0.252. The zero-order valence-electron chi connectivity index (χ0n) is 14.1. The summed E-state index contributed by atoms with van der Waals surface area (Å²) in [7, 11) is 3.66. The molecule has 6 heteroatoms. The summed E-state index contributed by atoms with van der Waals surface area (Å²) >= 11 is 0. The Balaban J connectivity index is 1.61. The molecule has 126 valence electrons. The van der Waals surface area contributed by atoms with E-state index in [1.807, 2.05) is 49.5 Å². The summed E-state index contributed by atoms with van der Waals surface area (Å²) in [5.74, 6) is 0.798. The highest BCUT2D eigenvalue weighted by molar-refractivity contribution is 5.97. The summed E-state index contributed by atoms with van der Waals surface area (Å²) in [6.45, 7) is 2.53. The average molecular weight is 326 g/mol. The van der Waals surface area contributed by atoms with Gasteiger partial charge in [0.15, 0.2) is 0 Å². The Kier molecular flexibility index (Phi) is 4.46. The van der Waals surface area contributed by atoms with Crippen molar-refractivity contribution in [3.05, 3.63) is 48.0 Å². The van der Waals surface area contributed by atoms with Gasteiger partial charge in [-0.3, -0.25) is 0 Å². The van der Waals surface area contributed by atoms with Gasteiger partial charge in [-0.1, -0.05) is 18.2 Å². The lowest BCUT2D eigenvalue weighted by atomic mass is 10.2. The van der Waals surface area contributed by atoms with Gasteiger partial charge >= 0.3 is 6.03 Å². The molecular weight excluding hydrogens is 304 g/mol. The van der Waals surface area contributed by atoms with Crippen LogP contribution in [0.4, 0.5) is 21.9 Å². The van der Waals surface area contributed by atoms with E-state index in [2.05, 4.69) is 27.8 Å². The van der Waals surface area contributed by atoms with E-state index in [9.17, 15) is 4.79 Å². The maximum atomic E-state index is 12.2. The van der Waals surface area contributed by atoms with Crippen LogP contribution in [0.15, 0.2) is 42.5 Å². The van der Waals surface area contributed by atoms with Crippen molar-refractivity contribution in [2.75, 3.05) is 29.7 Å². The second-order valence-electron chi connectivity index (χ2n) is 5.79. The Labute approximate surface area is 141 Å². The summed E-state index contributed by atoms with van der Waals surface area (Å²) in [4.78, 5) is 14.3. The number of benzene rings is 2. The fourth-order valence-corrected chi connectivity index (χ4v) is 2.70. The lowest BCUT2D eigenvalue weighted by Gasteiger charge is -2.16. The molecule has 0 saturated carbocycles. The van der Waals surface area contributed by atoms with Crippen LogP contribution in [-0.4, -0.2) is 26.4 Å². The molecule has 3 rings (SSSR count). The summed E-state index contributed by atoms with van der Waals surface area (Å²) in [5, 5.41) is 9.16. The minimum Gasteiger partial charge on any atom is -0.497 e. The molecular formula is C18H22N4O2. The van der Waals surface area contributed by atoms with Gasteiger partial charge in [0.1, 0.15) is 5.75 Å². The molecule has 1 unspecified atom stereocenters. The Bertz CT molecular complexity index is 730. The van der Waals surface area contributed by atoms with Crippen molar-refractivity contribution < 1.29 is 9.53 Å². The third-order valence-corrected chi connectivity index (χ3v) is 4.22. The maximum Gasteiger partial charge on any atom is 0.319 e. The number of nitrogens with zero attached hydrogens (tertiary/aromatic N) is 1. The van der Waals surface area contributed by atoms with E-state index >= 15 is 0 Å². The van der Waals surface area contributed by atoms with Crippen molar-refractivity contribution in [3.8, 4) is 5.75 Å². The molecule has 2 aromatic rings. The lowest BCUT2D eigenvalue weighted by Crippen LogP contribution is -2.29. The van der Waals surface area contributed by atoms with Crippen LogP contribution in [-0.2, 0) is 6.54 Å². The molecule has 1 heterocycles. The Morgan fingerprint density at radius 1 is 1.25 bits per heavy atom. The molecule has 0 aromatic heterocycles. The second kappa shape index (κ2) is 6.70. The van der Waals surface area contributed by atoms with Crippen LogP contribution < -0.4 is 25.6 Å². The van der Waals surface area contributed by atoms with E-state index in [0.29, 0.717) is 6.54 Å². The predicted molar refractivity (Wildman–Crippen MR) is 96.8 cm³/mol. The molecule has 2 aromatic carbocycles. The first-order valence-electron chi connectivity index (χ1n) is 7.88. The molecule has 1 aliphatic rings. The van der Waals surface area contributed by atoms with Gasteiger partial charge in [-0.25, -0.2) is 4.79 Å². The highest BCUT2D eigenvalue weighted by Gasteiger charge is 2.24. The number of hydrogen-bond acceptors (Lipinski definition) is 4. The van der Waals surface area contributed by atoms with Crippen LogP contribution in [0.5, 0.6) is 5.75 Å². The normalized spacial score (nSPS) is 15.5. The third-order valence-electron chi connectivity index (χ3n) is 4.22. The van der Waals surface area contributed by atoms with Crippen molar-refractivity contribution >= 4 is 23.1 Å². The number of nitrogens with one attached hydrogen (secondary N) is 3. The van der Waals surface area contributed by atoms with Gasteiger partial charge in [-0.15, -0.1) is 0 Å². The van der Waals surface area contributed by atoms with Crippen LogP contribution in [0.1, 0.15) is 12.5 Å². The minimum absolute atomic E-state index is 0.199. The molecule has 1 aliphatic heterocycles. The van der Waals surface area contributed by atoms with Crippen LogP contribution >= 0.6 is 0 Å². The van der Waals surface area contributed by atoms with Gasteiger partial charge in [0.05, 0.1) is 30.3 Å². The third kappa shape index (κ3) is 3.22. The largest absolute Gasteiger partial charge is 0.497 e. The van der Waals surface area contributed by atoms with Crippen molar-refractivity contribution in [3.63, 3.8) is 0 Å². The smallest absolute Gasteiger partial charge is 0.319 e. The highest BCUT2D eigenvalue weighted by atomic mass is 16.5. The number of rotatable bonds is 4. The zero-order valence-corrected chi connectivity index (χ0v) is 14.1. The highest BCUT2D eigenvalue weighted by Crippen LogP contribution is 2.39. The topological polar surface area (TPSA) is 65.6 Å². The second-order valence-corrected chi connectivity index (χ2v) is 5.79. The summed E-state index contributed by atoms with van der Waals surface area (Å²) in [5.41, 5.74) is 3.81. The first kappa shape index (κ1) is 16.0. The van der Waals surface area contributed by atoms with E-state index in [1.54, 1.807) is 7.11 Å². The summed E-state index contributed by atoms with van der Waals surface area (Å²) in [6, 6.07) is 13.2. The quantitative estimate of drug-likeness (QED) is 0.807. The van der Waals surface area contributed by atoms with Crippen molar-refractivity contribution in [1.82, 2.24) is 5.32 Å².